The molecule has 1 atom stereocenters. The van der Waals surface area contributed by atoms with E-state index in [4.69, 9.17) is 0 Å². The van der Waals surface area contributed by atoms with Crippen molar-refractivity contribution in [2.45, 2.75) is 51.4 Å². The first kappa shape index (κ1) is 25.1. The summed E-state index contributed by atoms with van der Waals surface area (Å²) in [6, 6.07) is 27.8. The van der Waals surface area contributed by atoms with Gasteiger partial charge in [-0.1, -0.05) is 91.9 Å². The Hall–Kier alpha value is -3.53. The van der Waals surface area contributed by atoms with E-state index in [-0.39, 0.29) is 5.97 Å². The minimum atomic E-state index is -0.0463. The van der Waals surface area contributed by atoms with Gasteiger partial charge in [0.15, 0.2) is 11.6 Å². The van der Waals surface area contributed by atoms with Crippen molar-refractivity contribution in [1.29, 1.82) is 0 Å². The number of rotatable bonds is 0. The number of cyclic esters (lactones) is 1. The molecule has 0 amide bonds. The Morgan fingerprint density at radius 2 is 1.26 bits per heavy atom. The van der Waals surface area contributed by atoms with Crippen molar-refractivity contribution in [2.75, 3.05) is 6.61 Å². The van der Waals surface area contributed by atoms with Crippen LogP contribution in [0.4, 0.5) is 0 Å². The lowest BCUT2D eigenvalue weighted by molar-refractivity contribution is -0.137. The van der Waals surface area contributed by atoms with Crippen molar-refractivity contribution in [3.63, 3.8) is 0 Å². The largest absolute Gasteiger partial charge is 0.466 e. The standard InChI is InChI=1S/2C10H10O.C6H6.C4H6O2/c1-7-6-10(11)9-5-3-2-4-8(7)9;11-10-7-3-5-8-4-1-2-6-9(8)10;1-2-4-6-5-3-1;5-4-2-1-3-6-4/h2-5,7H,6H2,1H3;1-2,4,6H,3,5,7H2;1-6H;1-3H2. The number of ketones is 2. The van der Waals surface area contributed by atoms with Crippen LogP contribution in [0.2, 0.25) is 0 Å². The molecular formula is C30H32O4. The van der Waals surface area contributed by atoms with Crippen LogP contribution < -0.4 is 0 Å². The molecule has 1 heterocycles. The molecule has 3 aromatic rings. The highest BCUT2D eigenvalue weighted by atomic mass is 16.5. The van der Waals surface area contributed by atoms with E-state index < -0.39 is 0 Å². The van der Waals surface area contributed by atoms with Crippen LogP contribution in [0.25, 0.3) is 0 Å². The summed E-state index contributed by atoms with van der Waals surface area (Å²) in [4.78, 5) is 32.6. The average Bonchev–Trinajstić information content (AvgIpc) is 3.48. The fourth-order valence-corrected chi connectivity index (χ4v) is 4.12. The van der Waals surface area contributed by atoms with E-state index in [1.54, 1.807) is 0 Å². The monoisotopic (exact) mass is 456 g/mol. The van der Waals surface area contributed by atoms with E-state index in [0.717, 1.165) is 36.8 Å². The zero-order valence-electron chi connectivity index (χ0n) is 19.7. The lowest BCUT2D eigenvalue weighted by Crippen LogP contribution is -2.09. The van der Waals surface area contributed by atoms with Crippen molar-refractivity contribution in [2.24, 2.45) is 0 Å². The van der Waals surface area contributed by atoms with Gasteiger partial charge in [0.05, 0.1) is 6.61 Å². The molecule has 176 valence electrons. The Morgan fingerprint density at radius 1 is 0.647 bits per heavy atom. The van der Waals surface area contributed by atoms with E-state index in [9.17, 15) is 14.4 Å². The summed E-state index contributed by atoms with van der Waals surface area (Å²) in [5.74, 6) is 0.994. The number of hydrogen-bond acceptors (Lipinski definition) is 4. The SMILES string of the molecule is CC1CC(=O)c2ccccc21.O=C1CCCO1.O=C1CCCc2ccccc21.c1ccccc1. The summed E-state index contributed by atoms with van der Waals surface area (Å²) in [6.45, 7) is 2.74. The molecule has 6 rings (SSSR count). The third-order valence-corrected chi connectivity index (χ3v) is 5.91. The van der Waals surface area contributed by atoms with Gasteiger partial charge in [0.1, 0.15) is 0 Å². The molecule has 1 fully saturated rings. The Morgan fingerprint density at radius 3 is 1.79 bits per heavy atom. The van der Waals surface area contributed by atoms with Gasteiger partial charge in [-0.15, -0.1) is 0 Å². The molecule has 1 saturated heterocycles. The molecule has 0 aromatic heterocycles. The second kappa shape index (κ2) is 13.2. The Labute approximate surface area is 202 Å². The summed E-state index contributed by atoms with van der Waals surface area (Å²) in [5.41, 5.74) is 4.32. The van der Waals surface area contributed by atoms with Crippen LogP contribution in [0.1, 0.15) is 76.8 Å². The molecule has 3 aliphatic rings. The second-order valence-electron chi connectivity index (χ2n) is 8.53. The molecule has 4 nitrogen and oxygen atoms in total. The highest BCUT2D eigenvalue weighted by molar-refractivity contribution is 6.01. The number of carbonyl (C=O) groups is 3. The number of Topliss-reactive ketones (excluding diaryl/α,β-unsaturated/α-hetero) is 2. The molecule has 1 unspecified atom stereocenters. The quantitative estimate of drug-likeness (QED) is 0.358. The van der Waals surface area contributed by atoms with Crippen LogP contribution in [0.3, 0.4) is 0 Å². The lowest BCUT2D eigenvalue weighted by Gasteiger charge is -2.12. The fraction of sp³-hybridized carbons (Fsp3) is 0.300. The maximum absolute atomic E-state index is 11.3. The molecule has 2 aliphatic carbocycles. The highest BCUT2D eigenvalue weighted by Gasteiger charge is 2.24. The Kier molecular flexibility index (Phi) is 9.78. The van der Waals surface area contributed by atoms with Gasteiger partial charge in [-0.05, 0) is 36.3 Å². The fourth-order valence-electron chi connectivity index (χ4n) is 4.12. The smallest absolute Gasteiger partial charge is 0.305 e. The van der Waals surface area contributed by atoms with Gasteiger partial charge in [0.2, 0.25) is 0 Å². The summed E-state index contributed by atoms with van der Waals surface area (Å²) >= 11 is 0. The summed E-state index contributed by atoms with van der Waals surface area (Å²) in [7, 11) is 0. The van der Waals surface area contributed by atoms with Crippen molar-refractivity contribution in [3.05, 3.63) is 107 Å². The van der Waals surface area contributed by atoms with Gasteiger partial charge < -0.3 is 4.74 Å². The number of esters is 1. The number of benzene rings is 3. The second-order valence-corrected chi connectivity index (χ2v) is 8.53. The first-order chi connectivity index (χ1) is 16.6. The van der Waals surface area contributed by atoms with E-state index in [1.165, 1.54) is 11.1 Å². The summed E-state index contributed by atoms with van der Waals surface area (Å²) in [5, 5.41) is 0. The van der Waals surface area contributed by atoms with Crippen molar-refractivity contribution in [1.82, 2.24) is 0 Å². The van der Waals surface area contributed by atoms with Crippen molar-refractivity contribution in [3.8, 4) is 0 Å². The molecular weight excluding hydrogens is 424 g/mol. The van der Waals surface area contributed by atoms with E-state index >= 15 is 0 Å². The van der Waals surface area contributed by atoms with Gasteiger partial charge in [-0.3, -0.25) is 14.4 Å². The molecule has 0 spiro atoms. The predicted octanol–water partition coefficient (Wildman–Crippen LogP) is 6.59. The normalized spacial score (nSPS) is 17.4. The average molecular weight is 457 g/mol. The van der Waals surface area contributed by atoms with Gasteiger partial charge in [0.25, 0.3) is 0 Å². The number of aryl methyl sites for hydroxylation is 1. The van der Waals surface area contributed by atoms with Crippen LogP contribution in [0.15, 0.2) is 84.9 Å². The van der Waals surface area contributed by atoms with Crippen LogP contribution >= 0.6 is 0 Å². The number of carbonyl (C=O) groups excluding carboxylic acids is 3. The third kappa shape index (κ3) is 7.51. The number of fused-ring (bicyclic) bond motifs is 2. The molecule has 1 aliphatic heterocycles. The topological polar surface area (TPSA) is 60.4 Å². The first-order valence-electron chi connectivity index (χ1n) is 11.9. The van der Waals surface area contributed by atoms with Crippen molar-refractivity contribution < 1.29 is 19.1 Å². The Bertz CT molecular complexity index is 1050. The maximum atomic E-state index is 11.3. The van der Waals surface area contributed by atoms with Crippen LogP contribution in [0.5, 0.6) is 0 Å². The first-order valence-corrected chi connectivity index (χ1v) is 11.9. The molecule has 0 saturated carbocycles. The molecule has 0 N–H and O–H groups in total. The van der Waals surface area contributed by atoms with Gasteiger partial charge in [-0.25, -0.2) is 0 Å². The number of hydrogen-bond donors (Lipinski definition) is 0. The zero-order valence-corrected chi connectivity index (χ0v) is 19.7. The molecule has 0 bridgehead atoms. The van der Waals surface area contributed by atoms with E-state index in [2.05, 4.69) is 11.7 Å². The van der Waals surface area contributed by atoms with Crippen LogP contribution in [-0.4, -0.2) is 24.1 Å². The predicted molar refractivity (Wildman–Crippen MR) is 134 cm³/mol. The van der Waals surface area contributed by atoms with Crippen molar-refractivity contribution >= 4 is 17.5 Å². The van der Waals surface area contributed by atoms with Gasteiger partial charge in [-0.2, -0.15) is 0 Å². The molecule has 34 heavy (non-hydrogen) atoms. The minimum absolute atomic E-state index is 0.0463. The van der Waals surface area contributed by atoms with Gasteiger partial charge in [0, 0.05) is 30.4 Å². The lowest BCUT2D eigenvalue weighted by atomic mass is 9.91. The molecule has 0 radical (unpaired) electrons. The van der Waals surface area contributed by atoms with Crippen LogP contribution in [-0.2, 0) is 16.0 Å². The highest BCUT2D eigenvalue weighted by Crippen LogP contribution is 2.31. The van der Waals surface area contributed by atoms with Crippen LogP contribution in [0, 0.1) is 0 Å². The maximum Gasteiger partial charge on any atom is 0.305 e. The van der Waals surface area contributed by atoms with E-state index in [1.807, 2.05) is 84.9 Å². The molecule has 4 heteroatoms. The summed E-state index contributed by atoms with van der Waals surface area (Å²) < 4.78 is 4.51. The molecule has 3 aromatic carbocycles. The zero-order chi connectivity index (χ0) is 24.2. The Balaban J connectivity index is 0.000000132. The third-order valence-electron chi connectivity index (χ3n) is 5.91. The van der Waals surface area contributed by atoms with E-state index in [0.29, 0.717) is 36.9 Å². The number of ether oxygens (including phenoxy) is 1. The summed E-state index contributed by atoms with van der Waals surface area (Å²) in [6.07, 6.45) is 5.06. The minimum Gasteiger partial charge on any atom is -0.466 e. The van der Waals surface area contributed by atoms with Gasteiger partial charge >= 0.3 is 5.97 Å².